The summed E-state index contributed by atoms with van der Waals surface area (Å²) in [7, 11) is 8.28. The molecular weight excluding hydrogens is 244 g/mol. The standard InChI is InChI=1S/C18H22N2/c1-19(2)17-12-13-18(20(3)4)16(14-17)11-10-15-8-6-5-7-9-15/h5-14H,1-4H3. The maximum Gasteiger partial charge on any atom is 0.0436 e. The van der Waals surface area contributed by atoms with Crippen molar-refractivity contribution in [2.24, 2.45) is 0 Å². The summed E-state index contributed by atoms with van der Waals surface area (Å²) < 4.78 is 0. The molecule has 0 aliphatic rings. The van der Waals surface area contributed by atoms with Gasteiger partial charge in [-0.05, 0) is 29.3 Å². The Morgan fingerprint density at radius 2 is 1.45 bits per heavy atom. The molecule has 2 heteroatoms. The Hall–Kier alpha value is -2.22. The Morgan fingerprint density at radius 1 is 0.750 bits per heavy atom. The van der Waals surface area contributed by atoms with Gasteiger partial charge in [0.25, 0.3) is 0 Å². The third-order valence-electron chi connectivity index (χ3n) is 3.26. The molecule has 0 atom stereocenters. The predicted octanol–water partition coefficient (Wildman–Crippen LogP) is 3.99. The highest BCUT2D eigenvalue weighted by atomic mass is 15.1. The average molecular weight is 266 g/mol. The highest BCUT2D eigenvalue weighted by Gasteiger charge is 2.04. The van der Waals surface area contributed by atoms with Crippen LogP contribution in [0.3, 0.4) is 0 Å². The number of hydrogen-bond donors (Lipinski definition) is 0. The number of benzene rings is 2. The molecule has 0 aliphatic carbocycles. The fourth-order valence-corrected chi connectivity index (χ4v) is 2.11. The van der Waals surface area contributed by atoms with E-state index in [9.17, 15) is 0 Å². The molecule has 20 heavy (non-hydrogen) atoms. The van der Waals surface area contributed by atoms with E-state index in [1.54, 1.807) is 0 Å². The minimum atomic E-state index is 1.21. The van der Waals surface area contributed by atoms with Crippen LogP contribution in [-0.4, -0.2) is 28.2 Å². The van der Waals surface area contributed by atoms with Gasteiger partial charge < -0.3 is 9.80 Å². The van der Waals surface area contributed by atoms with E-state index in [0.717, 1.165) is 0 Å². The monoisotopic (exact) mass is 266 g/mol. The molecule has 0 unspecified atom stereocenters. The van der Waals surface area contributed by atoms with Gasteiger partial charge in [-0.15, -0.1) is 0 Å². The summed E-state index contributed by atoms with van der Waals surface area (Å²) in [5.74, 6) is 0. The highest BCUT2D eigenvalue weighted by molar-refractivity contribution is 5.79. The van der Waals surface area contributed by atoms with E-state index >= 15 is 0 Å². The number of nitrogens with zero attached hydrogens (tertiary/aromatic N) is 2. The SMILES string of the molecule is CN(C)c1ccc(N(C)C)c(C=Cc2ccccc2)c1. The normalized spacial score (nSPS) is 10.8. The van der Waals surface area contributed by atoms with Crippen LogP contribution in [0, 0.1) is 0 Å². The molecule has 0 spiro atoms. The van der Waals surface area contributed by atoms with Crippen molar-refractivity contribution in [3.8, 4) is 0 Å². The lowest BCUT2D eigenvalue weighted by molar-refractivity contribution is 1.11. The second-order valence-electron chi connectivity index (χ2n) is 5.28. The first-order valence-corrected chi connectivity index (χ1v) is 6.80. The molecule has 0 heterocycles. The summed E-state index contributed by atoms with van der Waals surface area (Å²) in [5.41, 5.74) is 4.88. The first-order chi connectivity index (χ1) is 9.58. The fraction of sp³-hybridized carbons (Fsp3) is 0.222. The van der Waals surface area contributed by atoms with Crippen LogP contribution in [0.25, 0.3) is 12.2 Å². The van der Waals surface area contributed by atoms with Crippen molar-refractivity contribution in [2.45, 2.75) is 0 Å². The third-order valence-corrected chi connectivity index (χ3v) is 3.26. The molecule has 104 valence electrons. The summed E-state index contributed by atoms with van der Waals surface area (Å²) in [6, 6.07) is 16.9. The molecule has 0 saturated heterocycles. The fourth-order valence-electron chi connectivity index (χ4n) is 2.11. The number of rotatable bonds is 4. The van der Waals surface area contributed by atoms with Crippen molar-refractivity contribution in [1.29, 1.82) is 0 Å². The van der Waals surface area contributed by atoms with E-state index in [-0.39, 0.29) is 0 Å². The van der Waals surface area contributed by atoms with Gasteiger partial charge in [0, 0.05) is 39.6 Å². The Balaban J connectivity index is 2.37. The van der Waals surface area contributed by atoms with Gasteiger partial charge in [-0.3, -0.25) is 0 Å². The molecule has 2 rings (SSSR count). The summed E-state index contributed by atoms with van der Waals surface area (Å²) >= 11 is 0. The predicted molar refractivity (Wildman–Crippen MR) is 90.5 cm³/mol. The molecular formula is C18H22N2. The van der Waals surface area contributed by atoms with Crippen LogP contribution < -0.4 is 9.80 Å². The van der Waals surface area contributed by atoms with Gasteiger partial charge in [0.2, 0.25) is 0 Å². The van der Waals surface area contributed by atoms with Crippen LogP contribution >= 0.6 is 0 Å². The maximum absolute atomic E-state index is 2.22. The second kappa shape index (κ2) is 6.29. The van der Waals surface area contributed by atoms with Crippen LogP contribution in [0.5, 0.6) is 0 Å². The van der Waals surface area contributed by atoms with E-state index in [1.807, 2.05) is 6.07 Å². The van der Waals surface area contributed by atoms with Crippen molar-refractivity contribution >= 4 is 23.5 Å². The first-order valence-electron chi connectivity index (χ1n) is 6.80. The summed E-state index contributed by atoms with van der Waals surface area (Å²) in [5, 5.41) is 0. The smallest absolute Gasteiger partial charge is 0.0436 e. The molecule has 0 amide bonds. The largest absolute Gasteiger partial charge is 0.378 e. The minimum absolute atomic E-state index is 1.21. The third kappa shape index (κ3) is 3.41. The Morgan fingerprint density at radius 3 is 2.05 bits per heavy atom. The number of anilines is 2. The Labute approximate surface area is 122 Å². The van der Waals surface area contributed by atoms with Gasteiger partial charge in [0.05, 0.1) is 0 Å². The van der Waals surface area contributed by atoms with Crippen molar-refractivity contribution in [3.05, 3.63) is 59.7 Å². The number of hydrogen-bond acceptors (Lipinski definition) is 2. The lowest BCUT2D eigenvalue weighted by Crippen LogP contribution is -2.12. The van der Waals surface area contributed by atoms with Crippen LogP contribution in [0.15, 0.2) is 48.5 Å². The molecule has 0 bridgehead atoms. The molecule has 0 radical (unpaired) electrons. The minimum Gasteiger partial charge on any atom is -0.378 e. The van der Waals surface area contributed by atoms with E-state index in [0.29, 0.717) is 0 Å². The second-order valence-corrected chi connectivity index (χ2v) is 5.28. The molecule has 2 aromatic carbocycles. The van der Waals surface area contributed by atoms with Crippen molar-refractivity contribution in [2.75, 3.05) is 38.0 Å². The molecule has 0 fully saturated rings. The van der Waals surface area contributed by atoms with E-state index in [2.05, 4.69) is 92.6 Å². The van der Waals surface area contributed by atoms with Gasteiger partial charge in [0.15, 0.2) is 0 Å². The zero-order chi connectivity index (χ0) is 14.5. The van der Waals surface area contributed by atoms with E-state index < -0.39 is 0 Å². The molecule has 2 aromatic rings. The topological polar surface area (TPSA) is 6.48 Å². The molecule has 0 N–H and O–H groups in total. The van der Waals surface area contributed by atoms with Gasteiger partial charge in [-0.1, -0.05) is 42.5 Å². The van der Waals surface area contributed by atoms with Crippen LogP contribution in [-0.2, 0) is 0 Å². The van der Waals surface area contributed by atoms with Crippen molar-refractivity contribution in [1.82, 2.24) is 0 Å². The quantitative estimate of drug-likeness (QED) is 0.772. The molecule has 0 aromatic heterocycles. The maximum atomic E-state index is 2.22. The van der Waals surface area contributed by atoms with Crippen molar-refractivity contribution < 1.29 is 0 Å². The Bertz CT molecular complexity index is 584. The average Bonchev–Trinajstić information content (AvgIpc) is 2.45. The zero-order valence-corrected chi connectivity index (χ0v) is 12.7. The van der Waals surface area contributed by atoms with Gasteiger partial charge >= 0.3 is 0 Å². The first kappa shape index (κ1) is 14.2. The summed E-state index contributed by atoms with van der Waals surface area (Å²) in [4.78, 5) is 4.27. The Kier molecular flexibility index (Phi) is 4.46. The van der Waals surface area contributed by atoms with Crippen molar-refractivity contribution in [3.63, 3.8) is 0 Å². The van der Waals surface area contributed by atoms with Gasteiger partial charge in [0.1, 0.15) is 0 Å². The van der Waals surface area contributed by atoms with Crippen LogP contribution in [0.1, 0.15) is 11.1 Å². The zero-order valence-electron chi connectivity index (χ0n) is 12.7. The molecule has 0 saturated carbocycles. The van der Waals surface area contributed by atoms with E-state index in [1.165, 1.54) is 22.5 Å². The lowest BCUT2D eigenvalue weighted by Gasteiger charge is -2.19. The highest BCUT2D eigenvalue weighted by Crippen LogP contribution is 2.26. The lowest BCUT2D eigenvalue weighted by atomic mass is 10.1. The van der Waals surface area contributed by atoms with Gasteiger partial charge in [-0.2, -0.15) is 0 Å². The van der Waals surface area contributed by atoms with Gasteiger partial charge in [-0.25, -0.2) is 0 Å². The summed E-state index contributed by atoms with van der Waals surface area (Å²) in [6.45, 7) is 0. The summed E-state index contributed by atoms with van der Waals surface area (Å²) in [6.07, 6.45) is 4.33. The molecule has 0 aliphatic heterocycles. The molecule has 2 nitrogen and oxygen atoms in total. The van der Waals surface area contributed by atoms with E-state index in [4.69, 9.17) is 0 Å². The van der Waals surface area contributed by atoms with Crippen LogP contribution in [0.2, 0.25) is 0 Å². The van der Waals surface area contributed by atoms with Crippen LogP contribution in [0.4, 0.5) is 11.4 Å².